The van der Waals surface area contributed by atoms with E-state index in [1.54, 1.807) is 18.2 Å². The van der Waals surface area contributed by atoms with Gasteiger partial charge in [-0.15, -0.1) is 5.10 Å². The highest BCUT2D eigenvalue weighted by Crippen LogP contribution is 2.20. The first-order valence-corrected chi connectivity index (χ1v) is 6.39. The van der Waals surface area contributed by atoms with Gasteiger partial charge >= 0.3 is 6.01 Å². The van der Waals surface area contributed by atoms with Crippen LogP contribution in [0, 0.1) is 13.8 Å². The molecule has 0 unspecified atom stereocenters. The van der Waals surface area contributed by atoms with Crippen LogP contribution in [0.3, 0.4) is 0 Å². The Kier molecular flexibility index (Phi) is 3.27. The van der Waals surface area contributed by atoms with Gasteiger partial charge in [-0.25, -0.2) is 0 Å². The maximum absolute atomic E-state index is 12.2. The molecule has 0 saturated heterocycles. The van der Waals surface area contributed by atoms with Crippen LogP contribution < -0.4 is 5.32 Å². The molecule has 21 heavy (non-hydrogen) atoms. The molecule has 0 fully saturated rings. The van der Waals surface area contributed by atoms with Crippen molar-refractivity contribution in [2.75, 3.05) is 5.32 Å². The van der Waals surface area contributed by atoms with E-state index in [-0.39, 0.29) is 17.8 Å². The van der Waals surface area contributed by atoms with E-state index in [4.69, 9.17) is 8.83 Å². The fourth-order valence-electron chi connectivity index (χ4n) is 2.01. The molecule has 0 aliphatic heterocycles. The van der Waals surface area contributed by atoms with E-state index < -0.39 is 0 Å². The van der Waals surface area contributed by atoms with E-state index in [0.717, 1.165) is 11.1 Å². The molecule has 6 nitrogen and oxygen atoms in total. The zero-order chi connectivity index (χ0) is 14.8. The number of nitrogens with one attached hydrogen (secondary N) is 1. The molecule has 0 radical (unpaired) electrons. The molecule has 0 aliphatic rings. The van der Waals surface area contributed by atoms with Gasteiger partial charge in [0.25, 0.3) is 11.8 Å². The molecule has 2 aromatic heterocycles. The Morgan fingerprint density at radius 1 is 1.19 bits per heavy atom. The number of benzene rings is 1. The van der Waals surface area contributed by atoms with E-state index in [2.05, 4.69) is 15.5 Å². The summed E-state index contributed by atoms with van der Waals surface area (Å²) >= 11 is 0. The lowest BCUT2D eigenvalue weighted by Gasteiger charge is -2.05. The van der Waals surface area contributed by atoms with Crippen molar-refractivity contribution in [3.8, 4) is 11.7 Å². The molecule has 2 heterocycles. The predicted molar refractivity (Wildman–Crippen MR) is 75.9 cm³/mol. The van der Waals surface area contributed by atoms with Crippen molar-refractivity contribution >= 4 is 11.9 Å². The lowest BCUT2D eigenvalue weighted by Crippen LogP contribution is -2.13. The highest BCUT2D eigenvalue weighted by atomic mass is 16.4. The normalized spacial score (nSPS) is 10.6. The summed E-state index contributed by atoms with van der Waals surface area (Å²) in [5.41, 5.74) is 2.55. The van der Waals surface area contributed by atoms with Gasteiger partial charge in [-0.1, -0.05) is 22.8 Å². The third-order valence-corrected chi connectivity index (χ3v) is 3.00. The van der Waals surface area contributed by atoms with Crippen molar-refractivity contribution in [3.05, 3.63) is 53.3 Å². The topological polar surface area (TPSA) is 81.2 Å². The number of rotatable bonds is 3. The van der Waals surface area contributed by atoms with Crippen LogP contribution in [-0.2, 0) is 0 Å². The number of anilines is 1. The quantitative estimate of drug-likeness (QED) is 0.798. The summed E-state index contributed by atoms with van der Waals surface area (Å²) in [4.78, 5) is 12.2. The van der Waals surface area contributed by atoms with Crippen molar-refractivity contribution in [3.63, 3.8) is 0 Å². The first-order chi connectivity index (χ1) is 10.1. The van der Waals surface area contributed by atoms with Crippen molar-refractivity contribution in [2.24, 2.45) is 0 Å². The number of hydrogen-bond donors (Lipinski definition) is 1. The molecule has 0 atom stereocenters. The SMILES string of the molecule is Cc1ccc(C(=O)Nc2nnc(-c3ccco3)o2)c(C)c1. The van der Waals surface area contributed by atoms with E-state index in [0.29, 0.717) is 11.3 Å². The molecule has 106 valence electrons. The molecule has 0 saturated carbocycles. The zero-order valence-electron chi connectivity index (χ0n) is 11.6. The fraction of sp³-hybridized carbons (Fsp3) is 0.133. The highest BCUT2D eigenvalue weighted by Gasteiger charge is 2.15. The van der Waals surface area contributed by atoms with E-state index in [1.807, 2.05) is 26.0 Å². The third kappa shape index (κ3) is 2.69. The Hall–Kier alpha value is -2.89. The van der Waals surface area contributed by atoms with Crippen LogP contribution in [0.25, 0.3) is 11.7 Å². The summed E-state index contributed by atoms with van der Waals surface area (Å²) in [6.45, 7) is 3.85. The molecule has 6 heteroatoms. The lowest BCUT2D eigenvalue weighted by molar-refractivity contribution is 0.102. The first kappa shape index (κ1) is 13.1. The van der Waals surface area contributed by atoms with E-state index in [1.165, 1.54) is 6.26 Å². The minimum absolute atomic E-state index is 0.0337. The lowest BCUT2D eigenvalue weighted by atomic mass is 10.1. The summed E-state index contributed by atoms with van der Waals surface area (Å²) < 4.78 is 10.5. The average molecular weight is 283 g/mol. The summed E-state index contributed by atoms with van der Waals surface area (Å²) in [6, 6.07) is 9.04. The van der Waals surface area contributed by atoms with Gasteiger partial charge in [0.15, 0.2) is 5.76 Å². The summed E-state index contributed by atoms with van der Waals surface area (Å²) in [6.07, 6.45) is 1.51. The molecule has 0 bridgehead atoms. The second kappa shape index (κ2) is 5.24. The molecular formula is C15H13N3O3. The minimum Gasteiger partial charge on any atom is -0.459 e. The number of carbonyl (C=O) groups is 1. The van der Waals surface area contributed by atoms with Gasteiger partial charge in [0.05, 0.1) is 6.26 Å². The van der Waals surface area contributed by atoms with Crippen LogP contribution >= 0.6 is 0 Å². The van der Waals surface area contributed by atoms with Gasteiger partial charge in [-0.2, -0.15) is 0 Å². The van der Waals surface area contributed by atoms with Crippen molar-refractivity contribution in [2.45, 2.75) is 13.8 Å². The molecule has 3 rings (SSSR count). The van der Waals surface area contributed by atoms with Crippen LogP contribution in [0.5, 0.6) is 0 Å². The average Bonchev–Trinajstić information content (AvgIpc) is 3.08. The fourth-order valence-corrected chi connectivity index (χ4v) is 2.01. The number of amides is 1. The van der Waals surface area contributed by atoms with Crippen LogP contribution in [0.2, 0.25) is 0 Å². The largest absolute Gasteiger partial charge is 0.459 e. The smallest absolute Gasteiger partial charge is 0.322 e. The van der Waals surface area contributed by atoms with E-state index in [9.17, 15) is 4.79 Å². The molecule has 3 aromatic rings. The Labute approximate surface area is 120 Å². The Bertz CT molecular complexity index is 775. The predicted octanol–water partition coefficient (Wildman–Crippen LogP) is 3.20. The molecular weight excluding hydrogens is 270 g/mol. The molecule has 1 amide bonds. The number of carbonyl (C=O) groups excluding carboxylic acids is 1. The Morgan fingerprint density at radius 3 is 2.76 bits per heavy atom. The van der Waals surface area contributed by atoms with Gasteiger partial charge in [-0.3, -0.25) is 10.1 Å². The summed E-state index contributed by atoms with van der Waals surface area (Å²) in [7, 11) is 0. The highest BCUT2D eigenvalue weighted by molar-refractivity contribution is 6.04. The molecule has 1 N–H and O–H groups in total. The standard InChI is InChI=1S/C15H13N3O3/c1-9-5-6-11(10(2)8-9)13(19)16-15-18-17-14(21-15)12-4-3-7-20-12/h3-8H,1-2H3,(H,16,18,19). The minimum atomic E-state index is -0.290. The van der Waals surface area contributed by atoms with Crippen molar-refractivity contribution in [1.82, 2.24) is 10.2 Å². The molecule has 1 aromatic carbocycles. The van der Waals surface area contributed by atoms with Crippen molar-refractivity contribution in [1.29, 1.82) is 0 Å². The Morgan fingerprint density at radius 2 is 2.05 bits per heavy atom. The van der Waals surface area contributed by atoms with Crippen LogP contribution in [-0.4, -0.2) is 16.1 Å². The number of aryl methyl sites for hydroxylation is 2. The van der Waals surface area contributed by atoms with Gasteiger partial charge in [0, 0.05) is 5.56 Å². The maximum Gasteiger partial charge on any atom is 0.322 e. The first-order valence-electron chi connectivity index (χ1n) is 6.39. The van der Waals surface area contributed by atoms with Gasteiger partial charge < -0.3 is 8.83 Å². The van der Waals surface area contributed by atoms with Gasteiger partial charge in [-0.05, 0) is 37.6 Å². The monoisotopic (exact) mass is 283 g/mol. The number of nitrogens with zero attached hydrogens (tertiary/aromatic N) is 2. The van der Waals surface area contributed by atoms with Gasteiger partial charge in [0.1, 0.15) is 0 Å². The van der Waals surface area contributed by atoms with Crippen LogP contribution in [0.4, 0.5) is 6.01 Å². The third-order valence-electron chi connectivity index (χ3n) is 3.00. The van der Waals surface area contributed by atoms with Crippen LogP contribution in [0.1, 0.15) is 21.5 Å². The second-order valence-corrected chi connectivity index (χ2v) is 4.66. The zero-order valence-corrected chi connectivity index (χ0v) is 11.6. The Balaban J connectivity index is 1.79. The number of furan rings is 1. The number of hydrogen-bond acceptors (Lipinski definition) is 5. The van der Waals surface area contributed by atoms with Gasteiger partial charge in [0.2, 0.25) is 0 Å². The van der Waals surface area contributed by atoms with E-state index >= 15 is 0 Å². The maximum atomic E-state index is 12.2. The molecule has 0 spiro atoms. The number of aromatic nitrogens is 2. The van der Waals surface area contributed by atoms with Crippen molar-refractivity contribution < 1.29 is 13.6 Å². The molecule has 0 aliphatic carbocycles. The summed E-state index contributed by atoms with van der Waals surface area (Å²) in [5, 5.41) is 10.2. The second-order valence-electron chi connectivity index (χ2n) is 4.66. The summed E-state index contributed by atoms with van der Waals surface area (Å²) in [5.74, 6) is 0.382. The van der Waals surface area contributed by atoms with Crippen LogP contribution in [0.15, 0.2) is 45.4 Å².